The van der Waals surface area contributed by atoms with Crippen LogP contribution in [0.3, 0.4) is 0 Å². The zero-order chi connectivity index (χ0) is 18.8. The van der Waals surface area contributed by atoms with Crippen LogP contribution in [0.25, 0.3) is 0 Å². The van der Waals surface area contributed by atoms with Crippen molar-refractivity contribution < 1.29 is 28.5 Å². The van der Waals surface area contributed by atoms with Crippen LogP contribution in [0.1, 0.15) is 0 Å². The van der Waals surface area contributed by atoms with Crippen molar-refractivity contribution in [3.05, 3.63) is 48.5 Å². The highest BCUT2D eigenvalue weighted by Gasteiger charge is 2.08. The van der Waals surface area contributed by atoms with E-state index in [1.807, 2.05) is 0 Å². The second kappa shape index (κ2) is 9.77. The largest absolute Gasteiger partial charge is 0.497 e. The van der Waals surface area contributed by atoms with Crippen LogP contribution in [0.15, 0.2) is 48.5 Å². The Morgan fingerprint density at radius 2 is 1.27 bits per heavy atom. The fourth-order valence-corrected chi connectivity index (χ4v) is 1.91. The molecule has 2 rings (SSSR count). The van der Waals surface area contributed by atoms with Gasteiger partial charge in [-0.3, -0.25) is 20.4 Å². The van der Waals surface area contributed by atoms with Gasteiger partial charge in [0.2, 0.25) is 0 Å². The molecule has 2 aromatic rings. The molecule has 0 unspecified atom stereocenters. The summed E-state index contributed by atoms with van der Waals surface area (Å²) in [5.41, 5.74) is 4.48. The molecule has 8 nitrogen and oxygen atoms in total. The number of hydrazine groups is 1. The van der Waals surface area contributed by atoms with Gasteiger partial charge in [0.05, 0.1) is 14.2 Å². The number of ether oxygens (including phenoxy) is 4. The summed E-state index contributed by atoms with van der Waals surface area (Å²) in [6.45, 7) is -0.528. The van der Waals surface area contributed by atoms with Crippen molar-refractivity contribution in [2.24, 2.45) is 0 Å². The topological polar surface area (TPSA) is 95.1 Å². The van der Waals surface area contributed by atoms with Crippen LogP contribution in [0.4, 0.5) is 0 Å². The first-order valence-corrected chi connectivity index (χ1v) is 7.72. The molecule has 0 aromatic heterocycles. The first-order chi connectivity index (χ1) is 12.6. The number of rotatable bonds is 8. The number of carbonyl (C=O) groups excluding carboxylic acids is 2. The molecule has 138 valence electrons. The third-order valence-corrected chi connectivity index (χ3v) is 3.20. The van der Waals surface area contributed by atoms with Crippen LogP contribution in [0, 0.1) is 0 Å². The molecule has 0 aliphatic carbocycles. The van der Waals surface area contributed by atoms with E-state index in [1.165, 1.54) is 7.11 Å². The third kappa shape index (κ3) is 5.90. The Balaban J connectivity index is 1.68. The van der Waals surface area contributed by atoms with Gasteiger partial charge < -0.3 is 18.9 Å². The molecule has 0 aliphatic heterocycles. The van der Waals surface area contributed by atoms with Crippen LogP contribution in [-0.2, 0) is 9.59 Å². The van der Waals surface area contributed by atoms with E-state index < -0.39 is 11.8 Å². The number of nitrogens with one attached hydrogen (secondary N) is 2. The number of carbonyl (C=O) groups is 2. The second-order valence-corrected chi connectivity index (χ2v) is 5.00. The summed E-state index contributed by atoms with van der Waals surface area (Å²) in [5.74, 6) is 1.10. The average molecular weight is 360 g/mol. The molecular weight excluding hydrogens is 340 g/mol. The van der Waals surface area contributed by atoms with Gasteiger partial charge in [0.1, 0.15) is 11.5 Å². The maximum atomic E-state index is 11.7. The summed E-state index contributed by atoms with van der Waals surface area (Å²) in [4.78, 5) is 23.4. The van der Waals surface area contributed by atoms with Gasteiger partial charge >= 0.3 is 0 Å². The fourth-order valence-electron chi connectivity index (χ4n) is 1.91. The minimum absolute atomic E-state index is 0.250. The fraction of sp³-hybridized carbons (Fsp3) is 0.222. The minimum Gasteiger partial charge on any atom is -0.497 e. The van der Waals surface area contributed by atoms with Gasteiger partial charge in [0, 0.05) is 0 Å². The second-order valence-electron chi connectivity index (χ2n) is 5.00. The van der Waals surface area contributed by atoms with Gasteiger partial charge in [-0.15, -0.1) is 0 Å². The molecule has 0 atom stereocenters. The molecule has 2 N–H and O–H groups in total. The van der Waals surface area contributed by atoms with E-state index in [2.05, 4.69) is 10.9 Å². The maximum absolute atomic E-state index is 11.7. The van der Waals surface area contributed by atoms with E-state index in [0.29, 0.717) is 23.0 Å². The van der Waals surface area contributed by atoms with Crippen molar-refractivity contribution >= 4 is 11.8 Å². The van der Waals surface area contributed by atoms with Crippen molar-refractivity contribution in [3.63, 3.8) is 0 Å². The number of para-hydroxylation sites is 2. The Morgan fingerprint density at radius 3 is 1.85 bits per heavy atom. The Hall–Kier alpha value is -3.42. The summed E-state index contributed by atoms with van der Waals surface area (Å²) in [5, 5.41) is 0. The van der Waals surface area contributed by atoms with Crippen molar-refractivity contribution in [3.8, 4) is 23.0 Å². The molecule has 0 saturated carbocycles. The summed E-state index contributed by atoms with van der Waals surface area (Å²) >= 11 is 0. The smallest absolute Gasteiger partial charge is 0.276 e. The first-order valence-electron chi connectivity index (χ1n) is 7.72. The normalized spacial score (nSPS) is 9.77. The molecule has 0 heterocycles. The van der Waals surface area contributed by atoms with Gasteiger partial charge in [-0.05, 0) is 36.4 Å². The summed E-state index contributed by atoms with van der Waals surface area (Å²) in [6, 6.07) is 13.7. The van der Waals surface area contributed by atoms with Crippen molar-refractivity contribution in [1.29, 1.82) is 0 Å². The standard InChI is InChI=1S/C18H20N2O6/c1-23-13-7-9-14(10-8-13)25-11-17(21)19-20-18(22)12-26-16-6-4-3-5-15(16)24-2/h3-10H,11-12H2,1-2H3,(H,19,21)(H,20,22). The SMILES string of the molecule is COc1ccc(OCC(=O)NNC(=O)COc2ccccc2OC)cc1. The van der Waals surface area contributed by atoms with E-state index in [9.17, 15) is 9.59 Å². The molecule has 8 heteroatoms. The van der Waals surface area contributed by atoms with Crippen molar-refractivity contribution in [1.82, 2.24) is 10.9 Å². The molecule has 0 radical (unpaired) electrons. The summed E-state index contributed by atoms with van der Waals surface area (Å²) in [7, 11) is 3.06. The Labute approximate surface area is 151 Å². The zero-order valence-corrected chi connectivity index (χ0v) is 14.5. The zero-order valence-electron chi connectivity index (χ0n) is 14.5. The van der Waals surface area contributed by atoms with E-state index in [1.54, 1.807) is 55.6 Å². The van der Waals surface area contributed by atoms with Crippen molar-refractivity contribution in [2.75, 3.05) is 27.4 Å². The Bertz CT molecular complexity index is 733. The van der Waals surface area contributed by atoms with Gasteiger partial charge in [0.15, 0.2) is 24.7 Å². The van der Waals surface area contributed by atoms with Crippen LogP contribution in [0.2, 0.25) is 0 Å². The average Bonchev–Trinajstić information content (AvgIpc) is 2.69. The third-order valence-electron chi connectivity index (χ3n) is 3.20. The van der Waals surface area contributed by atoms with E-state index in [4.69, 9.17) is 18.9 Å². The lowest BCUT2D eigenvalue weighted by molar-refractivity contribution is -0.131. The van der Waals surface area contributed by atoms with Gasteiger partial charge in [0.25, 0.3) is 11.8 Å². The molecule has 26 heavy (non-hydrogen) atoms. The van der Waals surface area contributed by atoms with E-state index in [0.717, 1.165) is 0 Å². The van der Waals surface area contributed by atoms with E-state index in [-0.39, 0.29) is 13.2 Å². The molecule has 2 amide bonds. The highest BCUT2D eigenvalue weighted by atomic mass is 16.5. The molecule has 0 bridgehead atoms. The van der Waals surface area contributed by atoms with Gasteiger partial charge in [-0.2, -0.15) is 0 Å². The van der Waals surface area contributed by atoms with Crippen molar-refractivity contribution in [2.45, 2.75) is 0 Å². The van der Waals surface area contributed by atoms with Gasteiger partial charge in [-0.1, -0.05) is 12.1 Å². The van der Waals surface area contributed by atoms with Crippen LogP contribution >= 0.6 is 0 Å². The highest BCUT2D eigenvalue weighted by Crippen LogP contribution is 2.25. The number of hydrogen-bond donors (Lipinski definition) is 2. The van der Waals surface area contributed by atoms with Gasteiger partial charge in [-0.25, -0.2) is 0 Å². The lowest BCUT2D eigenvalue weighted by atomic mass is 10.3. The number of amides is 2. The molecule has 2 aromatic carbocycles. The Kier molecular flexibility index (Phi) is 7.11. The predicted molar refractivity (Wildman–Crippen MR) is 93.3 cm³/mol. The summed E-state index contributed by atoms with van der Waals surface area (Å²) in [6.07, 6.45) is 0. The van der Waals surface area contributed by atoms with E-state index >= 15 is 0 Å². The predicted octanol–water partition coefficient (Wildman–Crippen LogP) is 1.31. The Morgan fingerprint density at radius 1 is 0.731 bits per heavy atom. The first kappa shape index (κ1) is 18.9. The lowest BCUT2D eigenvalue weighted by Gasteiger charge is -2.11. The molecule has 0 saturated heterocycles. The molecule has 0 spiro atoms. The highest BCUT2D eigenvalue weighted by molar-refractivity contribution is 5.83. The monoisotopic (exact) mass is 360 g/mol. The molecular formula is C18H20N2O6. The maximum Gasteiger partial charge on any atom is 0.276 e. The summed E-state index contributed by atoms with van der Waals surface area (Å²) < 4.78 is 20.8. The van der Waals surface area contributed by atoms with Crippen LogP contribution in [0.5, 0.6) is 23.0 Å². The number of benzene rings is 2. The number of hydrogen-bond acceptors (Lipinski definition) is 6. The lowest BCUT2D eigenvalue weighted by Crippen LogP contribution is -2.45. The van der Waals surface area contributed by atoms with Crippen LogP contribution < -0.4 is 29.8 Å². The molecule has 0 aliphatic rings. The number of methoxy groups -OCH3 is 2. The minimum atomic E-state index is -0.520. The van der Waals surface area contributed by atoms with Crippen LogP contribution in [-0.4, -0.2) is 39.2 Å². The quantitative estimate of drug-likeness (QED) is 0.689. The molecule has 0 fully saturated rings.